The fourth-order valence-electron chi connectivity index (χ4n) is 2.19. The highest BCUT2D eigenvalue weighted by atomic mass is 79.9. The van der Waals surface area contributed by atoms with E-state index >= 15 is 0 Å². The second-order valence-electron chi connectivity index (χ2n) is 4.49. The van der Waals surface area contributed by atoms with Gasteiger partial charge in [0.25, 0.3) is 0 Å². The maximum atomic E-state index is 10.5. The highest BCUT2D eigenvalue weighted by Gasteiger charge is 2.34. The summed E-state index contributed by atoms with van der Waals surface area (Å²) in [6.07, 6.45) is 3.47. The van der Waals surface area contributed by atoms with Crippen molar-refractivity contribution < 1.29 is 9.84 Å². The topological polar surface area (TPSA) is 29.5 Å². The van der Waals surface area contributed by atoms with Crippen LogP contribution in [0.5, 0.6) is 0 Å². The molecule has 4 heteroatoms. The van der Waals surface area contributed by atoms with Crippen LogP contribution in [0.1, 0.15) is 31.1 Å². The summed E-state index contributed by atoms with van der Waals surface area (Å²) in [6, 6.07) is 2.10. The summed E-state index contributed by atoms with van der Waals surface area (Å²) < 4.78 is 6.71. The van der Waals surface area contributed by atoms with Crippen LogP contribution in [0.3, 0.4) is 0 Å². The van der Waals surface area contributed by atoms with Crippen molar-refractivity contribution in [1.29, 1.82) is 0 Å². The molecule has 1 aromatic rings. The average Bonchev–Trinajstić information content (AvgIpc) is 2.63. The smallest absolute Gasteiger partial charge is 0.0742 e. The van der Waals surface area contributed by atoms with Crippen molar-refractivity contribution in [2.45, 2.75) is 44.3 Å². The zero-order valence-electron chi connectivity index (χ0n) is 9.41. The van der Waals surface area contributed by atoms with Gasteiger partial charge in [0, 0.05) is 34.2 Å². The first-order chi connectivity index (χ1) is 7.61. The molecule has 16 heavy (non-hydrogen) atoms. The van der Waals surface area contributed by atoms with Crippen molar-refractivity contribution >= 4 is 27.3 Å². The van der Waals surface area contributed by atoms with E-state index in [1.165, 1.54) is 4.88 Å². The molecule has 0 spiro atoms. The van der Waals surface area contributed by atoms with Gasteiger partial charge in [0.05, 0.1) is 11.7 Å². The lowest BCUT2D eigenvalue weighted by Crippen LogP contribution is -2.42. The molecular weight excluding hydrogens is 288 g/mol. The second kappa shape index (κ2) is 5.17. The summed E-state index contributed by atoms with van der Waals surface area (Å²) in [7, 11) is 0. The minimum atomic E-state index is -0.566. The number of halogens is 1. The molecule has 1 aromatic heterocycles. The first-order valence-electron chi connectivity index (χ1n) is 5.68. The Balaban J connectivity index is 2.01. The molecule has 90 valence electrons. The van der Waals surface area contributed by atoms with Crippen molar-refractivity contribution in [3.8, 4) is 0 Å². The largest absolute Gasteiger partial charge is 0.389 e. The van der Waals surface area contributed by atoms with Gasteiger partial charge < -0.3 is 9.84 Å². The van der Waals surface area contributed by atoms with Crippen LogP contribution in [-0.2, 0) is 11.2 Å². The van der Waals surface area contributed by atoms with Gasteiger partial charge in [-0.05, 0) is 34.8 Å². The summed E-state index contributed by atoms with van der Waals surface area (Å²) in [5, 5.41) is 12.6. The number of hydrogen-bond donors (Lipinski definition) is 1. The van der Waals surface area contributed by atoms with Gasteiger partial charge in [-0.1, -0.05) is 6.92 Å². The summed E-state index contributed by atoms with van der Waals surface area (Å²) in [4.78, 5) is 1.24. The first-order valence-corrected chi connectivity index (χ1v) is 7.35. The minimum absolute atomic E-state index is 0.224. The van der Waals surface area contributed by atoms with Gasteiger partial charge in [0.15, 0.2) is 0 Å². The standard InChI is InChI=1S/C12H17BrO2S/c1-2-10-6-12(14,3-4-15-10)7-11-5-9(13)8-16-11/h5,8,10,14H,2-4,6-7H2,1H3. The number of ether oxygens (including phenoxy) is 1. The predicted molar refractivity (Wildman–Crippen MR) is 69.9 cm³/mol. The third-order valence-corrected chi connectivity index (χ3v) is 4.81. The number of thiophene rings is 1. The van der Waals surface area contributed by atoms with Crippen LogP contribution in [0.15, 0.2) is 15.9 Å². The van der Waals surface area contributed by atoms with Gasteiger partial charge in [-0.15, -0.1) is 11.3 Å². The highest BCUT2D eigenvalue weighted by Crippen LogP contribution is 2.32. The fourth-order valence-corrected chi connectivity index (χ4v) is 3.78. The van der Waals surface area contributed by atoms with E-state index in [1.54, 1.807) is 11.3 Å². The molecule has 1 N–H and O–H groups in total. The van der Waals surface area contributed by atoms with Crippen LogP contribution >= 0.6 is 27.3 Å². The predicted octanol–water partition coefficient (Wildman–Crippen LogP) is 3.37. The van der Waals surface area contributed by atoms with Crippen LogP contribution in [0.4, 0.5) is 0 Å². The molecule has 0 aromatic carbocycles. The Morgan fingerprint density at radius 2 is 2.50 bits per heavy atom. The molecule has 0 bridgehead atoms. The van der Waals surface area contributed by atoms with E-state index in [-0.39, 0.29) is 6.10 Å². The molecule has 2 nitrogen and oxygen atoms in total. The van der Waals surface area contributed by atoms with E-state index in [9.17, 15) is 5.11 Å². The first kappa shape index (κ1) is 12.6. The Bertz CT molecular complexity index is 353. The minimum Gasteiger partial charge on any atom is -0.389 e. The van der Waals surface area contributed by atoms with E-state index in [0.29, 0.717) is 6.61 Å². The van der Waals surface area contributed by atoms with Crippen LogP contribution in [0, 0.1) is 0 Å². The monoisotopic (exact) mass is 304 g/mol. The van der Waals surface area contributed by atoms with Crippen LogP contribution in [-0.4, -0.2) is 23.4 Å². The summed E-state index contributed by atoms with van der Waals surface area (Å²) in [5.74, 6) is 0. The molecule has 1 aliphatic heterocycles. The van der Waals surface area contributed by atoms with Crippen molar-refractivity contribution in [2.24, 2.45) is 0 Å². The molecule has 2 atom stereocenters. The quantitative estimate of drug-likeness (QED) is 0.928. The Labute approximate surface area is 109 Å². The third kappa shape index (κ3) is 3.06. The fraction of sp³-hybridized carbons (Fsp3) is 0.667. The van der Waals surface area contributed by atoms with Crippen molar-refractivity contribution in [3.63, 3.8) is 0 Å². The molecule has 1 saturated heterocycles. The molecule has 2 heterocycles. The normalized spacial score (nSPS) is 30.6. The summed E-state index contributed by atoms with van der Waals surface area (Å²) in [6.45, 7) is 2.79. The number of rotatable bonds is 3. The van der Waals surface area contributed by atoms with E-state index in [4.69, 9.17) is 4.74 Å². The third-order valence-electron chi connectivity index (χ3n) is 3.11. The Hall–Kier alpha value is 0.1000. The van der Waals surface area contributed by atoms with E-state index in [0.717, 1.165) is 30.2 Å². The maximum Gasteiger partial charge on any atom is 0.0742 e. The van der Waals surface area contributed by atoms with Crippen LogP contribution < -0.4 is 0 Å². The van der Waals surface area contributed by atoms with E-state index in [2.05, 4.69) is 34.3 Å². The molecule has 2 rings (SSSR count). The van der Waals surface area contributed by atoms with Gasteiger partial charge in [-0.2, -0.15) is 0 Å². The van der Waals surface area contributed by atoms with Crippen LogP contribution in [0.25, 0.3) is 0 Å². The van der Waals surface area contributed by atoms with E-state index in [1.807, 2.05) is 0 Å². The maximum absolute atomic E-state index is 10.5. The van der Waals surface area contributed by atoms with Crippen molar-refractivity contribution in [1.82, 2.24) is 0 Å². The number of hydrogen-bond acceptors (Lipinski definition) is 3. The zero-order valence-corrected chi connectivity index (χ0v) is 11.8. The second-order valence-corrected chi connectivity index (χ2v) is 6.40. The van der Waals surface area contributed by atoms with Gasteiger partial charge in [0.2, 0.25) is 0 Å². The lowest BCUT2D eigenvalue weighted by atomic mass is 9.86. The van der Waals surface area contributed by atoms with Crippen molar-refractivity contribution in [3.05, 3.63) is 20.8 Å². The molecule has 1 fully saturated rings. The lowest BCUT2D eigenvalue weighted by molar-refractivity contribution is -0.103. The van der Waals surface area contributed by atoms with Gasteiger partial charge in [-0.25, -0.2) is 0 Å². The highest BCUT2D eigenvalue weighted by molar-refractivity contribution is 9.10. The summed E-state index contributed by atoms with van der Waals surface area (Å²) in [5.41, 5.74) is -0.566. The molecule has 0 amide bonds. The summed E-state index contributed by atoms with van der Waals surface area (Å²) >= 11 is 5.15. The Morgan fingerprint density at radius 1 is 1.69 bits per heavy atom. The molecular formula is C12H17BrO2S. The molecule has 1 aliphatic rings. The molecule has 0 radical (unpaired) electrons. The van der Waals surface area contributed by atoms with Gasteiger partial charge in [-0.3, -0.25) is 0 Å². The van der Waals surface area contributed by atoms with Gasteiger partial charge in [0.1, 0.15) is 0 Å². The van der Waals surface area contributed by atoms with E-state index < -0.39 is 5.60 Å². The molecule has 2 unspecified atom stereocenters. The number of aliphatic hydroxyl groups is 1. The molecule has 0 saturated carbocycles. The lowest BCUT2D eigenvalue weighted by Gasteiger charge is -2.36. The molecule has 0 aliphatic carbocycles. The average molecular weight is 305 g/mol. The van der Waals surface area contributed by atoms with Gasteiger partial charge >= 0.3 is 0 Å². The van der Waals surface area contributed by atoms with Crippen LogP contribution in [0.2, 0.25) is 0 Å². The Kier molecular flexibility index (Phi) is 4.06. The zero-order chi connectivity index (χ0) is 11.6. The van der Waals surface area contributed by atoms with Crippen molar-refractivity contribution in [2.75, 3.05) is 6.61 Å². The Morgan fingerprint density at radius 3 is 3.12 bits per heavy atom. The SMILES string of the molecule is CCC1CC(O)(Cc2cc(Br)cs2)CCO1.